The maximum absolute atomic E-state index is 12.7. The van der Waals surface area contributed by atoms with E-state index in [2.05, 4.69) is 44.3 Å². The minimum atomic E-state index is -2.25. The van der Waals surface area contributed by atoms with Crippen molar-refractivity contribution in [1.29, 1.82) is 0 Å². The number of fused-ring (bicyclic) bond motifs is 2. The smallest absolute Gasteiger partial charge is 0.251 e. The van der Waals surface area contributed by atoms with Crippen LogP contribution in [0.3, 0.4) is 0 Å². The number of nitrogens with zero attached hydrogens (tertiary/aromatic N) is 1. The van der Waals surface area contributed by atoms with Crippen molar-refractivity contribution >= 4 is 5.69 Å². The molecular formula is C17H24F2N2. The molecule has 1 aliphatic carbocycles. The first-order chi connectivity index (χ1) is 9.77. The molecule has 2 nitrogen and oxygen atoms in total. The van der Waals surface area contributed by atoms with Gasteiger partial charge in [-0.15, -0.1) is 0 Å². The van der Waals surface area contributed by atoms with Crippen LogP contribution in [0.2, 0.25) is 0 Å². The van der Waals surface area contributed by atoms with E-state index in [1.54, 1.807) is 0 Å². The average Bonchev–Trinajstić information content (AvgIpc) is 3.05. The van der Waals surface area contributed by atoms with Gasteiger partial charge in [0.2, 0.25) is 0 Å². The maximum Gasteiger partial charge on any atom is 0.251 e. The standard InChI is InChI=1S/C17H24F2N2/c1-16(2,3)20-13-4-5-14-12(8-13)9-21(10-15(18)19)11-17(14)6-7-17/h4-5,8,15,20H,6-7,9-11H2,1-3H3. The molecule has 0 atom stereocenters. The second kappa shape index (κ2) is 4.94. The molecule has 116 valence electrons. The fraction of sp³-hybridized carbons (Fsp3) is 0.647. The van der Waals surface area contributed by atoms with E-state index < -0.39 is 6.43 Å². The largest absolute Gasteiger partial charge is 0.380 e. The summed E-state index contributed by atoms with van der Waals surface area (Å²) in [6, 6.07) is 6.49. The molecule has 0 unspecified atom stereocenters. The maximum atomic E-state index is 12.7. The molecule has 0 amide bonds. The third-order valence-electron chi connectivity index (χ3n) is 4.37. The number of nitrogens with one attached hydrogen (secondary N) is 1. The second-order valence-electron chi connectivity index (χ2n) is 7.59. The van der Waals surface area contributed by atoms with Crippen molar-refractivity contribution in [1.82, 2.24) is 4.90 Å². The highest BCUT2D eigenvalue weighted by Crippen LogP contribution is 2.52. The van der Waals surface area contributed by atoms with Crippen LogP contribution in [0.4, 0.5) is 14.5 Å². The molecule has 1 heterocycles. The molecule has 1 spiro atoms. The van der Waals surface area contributed by atoms with Gasteiger partial charge in [0.1, 0.15) is 0 Å². The van der Waals surface area contributed by atoms with Crippen molar-refractivity contribution in [2.45, 2.75) is 57.5 Å². The Morgan fingerprint density at radius 3 is 2.57 bits per heavy atom. The summed E-state index contributed by atoms with van der Waals surface area (Å²) in [5, 5.41) is 3.47. The van der Waals surface area contributed by atoms with Crippen molar-refractivity contribution in [3.63, 3.8) is 0 Å². The van der Waals surface area contributed by atoms with Gasteiger partial charge in [-0.05, 0) is 56.9 Å². The van der Waals surface area contributed by atoms with Gasteiger partial charge in [0.15, 0.2) is 0 Å². The Morgan fingerprint density at radius 2 is 2.00 bits per heavy atom. The summed E-state index contributed by atoms with van der Waals surface area (Å²) in [7, 11) is 0. The van der Waals surface area contributed by atoms with Crippen molar-refractivity contribution in [2.24, 2.45) is 0 Å². The molecule has 2 aliphatic rings. The second-order valence-corrected chi connectivity index (χ2v) is 7.59. The van der Waals surface area contributed by atoms with Crippen LogP contribution in [-0.4, -0.2) is 30.0 Å². The zero-order valence-electron chi connectivity index (χ0n) is 13.0. The summed E-state index contributed by atoms with van der Waals surface area (Å²) in [5.41, 5.74) is 3.84. The Bertz CT molecular complexity index is 530. The molecule has 0 bridgehead atoms. The summed E-state index contributed by atoms with van der Waals surface area (Å²) >= 11 is 0. The number of benzene rings is 1. The van der Waals surface area contributed by atoms with Crippen molar-refractivity contribution in [3.05, 3.63) is 29.3 Å². The molecule has 1 fully saturated rings. The lowest BCUT2D eigenvalue weighted by atomic mass is 9.86. The Hall–Kier alpha value is -1.16. The van der Waals surface area contributed by atoms with Crippen LogP contribution in [0, 0.1) is 0 Å². The first-order valence-electron chi connectivity index (χ1n) is 7.70. The van der Waals surface area contributed by atoms with Crippen LogP contribution in [0.1, 0.15) is 44.7 Å². The normalized spacial score (nSPS) is 20.7. The number of anilines is 1. The average molecular weight is 294 g/mol. The predicted molar refractivity (Wildman–Crippen MR) is 82.0 cm³/mol. The van der Waals surface area contributed by atoms with E-state index in [1.165, 1.54) is 11.1 Å². The Labute approximate surface area is 125 Å². The minimum Gasteiger partial charge on any atom is -0.380 e. The monoisotopic (exact) mass is 294 g/mol. The lowest BCUT2D eigenvalue weighted by Crippen LogP contribution is -2.40. The van der Waals surface area contributed by atoms with E-state index in [1.807, 2.05) is 4.90 Å². The van der Waals surface area contributed by atoms with Gasteiger partial charge >= 0.3 is 0 Å². The summed E-state index contributed by atoms with van der Waals surface area (Å²) in [6.07, 6.45) is 0.00984. The number of halogens is 2. The predicted octanol–water partition coefficient (Wildman–Crippen LogP) is 4.01. The number of alkyl halides is 2. The zero-order valence-corrected chi connectivity index (χ0v) is 13.0. The van der Waals surface area contributed by atoms with Gasteiger partial charge in [0, 0.05) is 29.7 Å². The van der Waals surface area contributed by atoms with Gasteiger partial charge < -0.3 is 5.32 Å². The van der Waals surface area contributed by atoms with E-state index in [9.17, 15) is 8.78 Å². The highest BCUT2D eigenvalue weighted by molar-refractivity contribution is 5.54. The topological polar surface area (TPSA) is 15.3 Å². The molecular weight excluding hydrogens is 270 g/mol. The van der Waals surface area contributed by atoms with Gasteiger partial charge in [-0.3, -0.25) is 4.90 Å². The van der Waals surface area contributed by atoms with Crippen molar-refractivity contribution < 1.29 is 8.78 Å². The summed E-state index contributed by atoms with van der Waals surface area (Å²) in [5.74, 6) is 0. The van der Waals surface area contributed by atoms with Crippen LogP contribution in [0.5, 0.6) is 0 Å². The highest BCUT2D eigenvalue weighted by atomic mass is 19.3. The zero-order chi connectivity index (χ0) is 15.3. The van der Waals surface area contributed by atoms with E-state index in [-0.39, 0.29) is 17.5 Å². The van der Waals surface area contributed by atoms with Crippen molar-refractivity contribution in [2.75, 3.05) is 18.4 Å². The number of rotatable bonds is 3. The first-order valence-corrected chi connectivity index (χ1v) is 7.70. The van der Waals surface area contributed by atoms with Gasteiger partial charge in [-0.25, -0.2) is 8.78 Å². The molecule has 1 aromatic rings. The number of hydrogen-bond donors (Lipinski definition) is 1. The molecule has 1 N–H and O–H groups in total. The third-order valence-corrected chi connectivity index (χ3v) is 4.37. The molecule has 3 rings (SSSR count). The first kappa shape index (κ1) is 14.8. The molecule has 1 saturated carbocycles. The molecule has 21 heavy (non-hydrogen) atoms. The van der Waals surface area contributed by atoms with E-state index >= 15 is 0 Å². The molecule has 0 aromatic heterocycles. The Balaban J connectivity index is 1.86. The Morgan fingerprint density at radius 1 is 1.29 bits per heavy atom. The van der Waals surface area contributed by atoms with E-state index in [4.69, 9.17) is 0 Å². The van der Waals surface area contributed by atoms with E-state index in [0.717, 1.165) is 25.1 Å². The lowest BCUT2D eigenvalue weighted by molar-refractivity contribution is 0.0749. The third kappa shape index (κ3) is 3.20. The Kier molecular flexibility index (Phi) is 3.47. The fourth-order valence-corrected chi connectivity index (χ4v) is 3.47. The summed E-state index contributed by atoms with van der Waals surface area (Å²) in [4.78, 5) is 1.92. The van der Waals surface area contributed by atoms with Gasteiger partial charge in [0.05, 0.1) is 6.54 Å². The quantitative estimate of drug-likeness (QED) is 0.906. The fourth-order valence-electron chi connectivity index (χ4n) is 3.47. The number of hydrogen-bond acceptors (Lipinski definition) is 2. The highest BCUT2D eigenvalue weighted by Gasteiger charge is 2.49. The van der Waals surface area contributed by atoms with Crippen LogP contribution in [0.15, 0.2) is 18.2 Å². The molecule has 0 radical (unpaired) electrons. The van der Waals surface area contributed by atoms with Gasteiger partial charge in [-0.1, -0.05) is 6.07 Å². The van der Waals surface area contributed by atoms with Crippen LogP contribution in [-0.2, 0) is 12.0 Å². The summed E-state index contributed by atoms with van der Waals surface area (Å²) < 4.78 is 25.4. The molecule has 1 aromatic carbocycles. The van der Waals surface area contributed by atoms with Crippen LogP contribution >= 0.6 is 0 Å². The SMILES string of the molecule is CC(C)(C)Nc1ccc2c(c1)CN(CC(F)F)CC21CC1. The van der Waals surface area contributed by atoms with Crippen LogP contribution < -0.4 is 5.32 Å². The molecule has 0 saturated heterocycles. The summed E-state index contributed by atoms with van der Waals surface area (Å²) in [6.45, 7) is 7.68. The molecule has 1 aliphatic heterocycles. The van der Waals surface area contributed by atoms with Crippen molar-refractivity contribution in [3.8, 4) is 0 Å². The molecule has 4 heteroatoms. The van der Waals surface area contributed by atoms with Gasteiger partial charge in [0.25, 0.3) is 6.43 Å². The van der Waals surface area contributed by atoms with E-state index in [0.29, 0.717) is 6.54 Å². The van der Waals surface area contributed by atoms with Crippen LogP contribution in [0.25, 0.3) is 0 Å². The minimum absolute atomic E-state index is 0.00281. The lowest BCUT2D eigenvalue weighted by Gasteiger charge is -2.35. The van der Waals surface area contributed by atoms with Gasteiger partial charge in [-0.2, -0.15) is 0 Å².